The highest BCUT2D eigenvalue weighted by atomic mass is 19.2. The average molecular weight is 298 g/mol. The van der Waals surface area contributed by atoms with E-state index in [4.69, 9.17) is 5.73 Å². The molecular formula is C15H14F4N2. The number of benzene rings is 2. The number of halogens is 4. The summed E-state index contributed by atoms with van der Waals surface area (Å²) in [7, 11) is 0. The lowest BCUT2D eigenvalue weighted by atomic mass is 10.1. The molecule has 0 aliphatic carbocycles. The van der Waals surface area contributed by atoms with Crippen LogP contribution >= 0.6 is 0 Å². The van der Waals surface area contributed by atoms with Crippen molar-refractivity contribution in [1.29, 1.82) is 0 Å². The van der Waals surface area contributed by atoms with Crippen LogP contribution in [0.3, 0.4) is 0 Å². The summed E-state index contributed by atoms with van der Waals surface area (Å²) >= 11 is 0. The van der Waals surface area contributed by atoms with Crippen molar-refractivity contribution in [3.63, 3.8) is 0 Å². The van der Waals surface area contributed by atoms with E-state index in [0.29, 0.717) is 6.54 Å². The molecule has 0 spiro atoms. The monoisotopic (exact) mass is 298 g/mol. The first-order valence-electron chi connectivity index (χ1n) is 6.32. The SMILES string of the molecule is NC(CNCc1cc(F)c(F)c(F)c1)c1ccc(F)cc1. The van der Waals surface area contributed by atoms with Gasteiger partial charge < -0.3 is 11.1 Å². The van der Waals surface area contributed by atoms with Crippen molar-refractivity contribution >= 4 is 0 Å². The maximum Gasteiger partial charge on any atom is 0.194 e. The molecule has 0 fully saturated rings. The minimum atomic E-state index is -1.48. The number of rotatable bonds is 5. The third kappa shape index (κ3) is 4.03. The number of nitrogens with two attached hydrogens (primary N) is 1. The highest BCUT2D eigenvalue weighted by Gasteiger charge is 2.11. The van der Waals surface area contributed by atoms with Crippen molar-refractivity contribution in [3.8, 4) is 0 Å². The van der Waals surface area contributed by atoms with Gasteiger partial charge in [-0.3, -0.25) is 0 Å². The Bertz CT molecular complexity index is 591. The minimum absolute atomic E-state index is 0.142. The van der Waals surface area contributed by atoms with Gasteiger partial charge in [-0.25, -0.2) is 17.6 Å². The molecule has 0 saturated heterocycles. The van der Waals surface area contributed by atoms with E-state index < -0.39 is 17.5 Å². The standard InChI is InChI=1S/C15H14F4N2/c16-11-3-1-10(2-4-11)14(20)8-21-7-9-5-12(17)15(19)13(18)6-9/h1-6,14,21H,7-8,20H2. The maximum atomic E-state index is 13.0. The summed E-state index contributed by atoms with van der Waals surface area (Å²) < 4.78 is 51.6. The van der Waals surface area contributed by atoms with E-state index >= 15 is 0 Å². The molecule has 1 atom stereocenters. The lowest BCUT2D eigenvalue weighted by Crippen LogP contribution is -2.26. The van der Waals surface area contributed by atoms with Crippen LogP contribution in [0.15, 0.2) is 36.4 Å². The zero-order valence-electron chi connectivity index (χ0n) is 11.0. The summed E-state index contributed by atoms with van der Waals surface area (Å²) in [5.41, 5.74) is 6.91. The molecule has 0 aromatic heterocycles. The molecule has 0 saturated carbocycles. The van der Waals surface area contributed by atoms with Crippen LogP contribution in [0, 0.1) is 23.3 Å². The van der Waals surface area contributed by atoms with Crippen LogP contribution in [0.5, 0.6) is 0 Å². The fourth-order valence-corrected chi connectivity index (χ4v) is 1.91. The van der Waals surface area contributed by atoms with Crippen LogP contribution in [-0.2, 0) is 6.54 Å². The van der Waals surface area contributed by atoms with Gasteiger partial charge in [0, 0.05) is 19.1 Å². The molecule has 0 heterocycles. The fourth-order valence-electron chi connectivity index (χ4n) is 1.91. The Kier molecular flexibility index (Phi) is 4.93. The lowest BCUT2D eigenvalue weighted by Gasteiger charge is -2.13. The second kappa shape index (κ2) is 6.69. The summed E-state index contributed by atoms with van der Waals surface area (Å²) in [5, 5.41) is 2.91. The molecule has 0 aliphatic rings. The second-order valence-corrected chi connectivity index (χ2v) is 4.66. The first-order valence-corrected chi connectivity index (χ1v) is 6.32. The molecule has 2 aromatic rings. The van der Waals surface area contributed by atoms with Gasteiger partial charge in [-0.1, -0.05) is 12.1 Å². The Morgan fingerprint density at radius 2 is 1.52 bits per heavy atom. The van der Waals surface area contributed by atoms with Gasteiger partial charge >= 0.3 is 0 Å². The topological polar surface area (TPSA) is 38.0 Å². The molecule has 21 heavy (non-hydrogen) atoms. The first kappa shape index (κ1) is 15.5. The third-order valence-electron chi connectivity index (χ3n) is 3.04. The van der Waals surface area contributed by atoms with E-state index in [9.17, 15) is 17.6 Å². The van der Waals surface area contributed by atoms with E-state index in [2.05, 4.69) is 5.32 Å². The van der Waals surface area contributed by atoms with E-state index in [-0.39, 0.29) is 24.0 Å². The molecule has 2 rings (SSSR count). The second-order valence-electron chi connectivity index (χ2n) is 4.66. The van der Waals surface area contributed by atoms with E-state index in [0.717, 1.165) is 17.7 Å². The average Bonchev–Trinajstić information content (AvgIpc) is 2.45. The quantitative estimate of drug-likeness (QED) is 0.658. The molecule has 6 heteroatoms. The molecule has 0 amide bonds. The van der Waals surface area contributed by atoms with Crippen LogP contribution in [0.4, 0.5) is 17.6 Å². The summed E-state index contributed by atoms with van der Waals surface area (Å²) in [4.78, 5) is 0. The van der Waals surface area contributed by atoms with Gasteiger partial charge in [-0.15, -0.1) is 0 Å². The summed E-state index contributed by atoms with van der Waals surface area (Å²) in [6, 6.07) is 7.21. The normalized spacial score (nSPS) is 12.4. The van der Waals surface area contributed by atoms with Crippen molar-refractivity contribution in [2.75, 3.05) is 6.54 Å². The highest BCUT2D eigenvalue weighted by molar-refractivity contribution is 5.21. The van der Waals surface area contributed by atoms with Crippen LogP contribution in [0.2, 0.25) is 0 Å². The molecule has 112 valence electrons. The van der Waals surface area contributed by atoms with Gasteiger partial charge in [0.15, 0.2) is 17.5 Å². The summed E-state index contributed by atoms with van der Waals surface area (Å²) in [5.74, 6) is -4.29. The Labute approximate surface area is 119 Å². The molecular weight excluding hydrogens is 284 g/mol. The van der Waals surface area contributed by atoms with Gasteiger partial charge in [0.05, 0.1) is 0 Å². The van der Waals surface area contributed by atoms with Crippen molar-refractivity contribution in [2.45, 2.75) is 12.6 Å². The van der Waals surface area contributed by atoms with Crippen LogP contribution in [-0.4, -0.2) is 6.54 Å². The number of hydrogen-bond acceptors (Lipinski definition) is 2. The zero-order valence-corrected chi connectivity index (χ0v) is 11.0. The van der Waals surface area contributed by atoms with Gasteiger partial charge in [-0.2, -0.15) is 0 Å². The van der Waals surface area contributed by atoms with E-state index in [1.807, 2.05) is 0 Å². The molecule has 0 bridgehead atoms. The van der Waals surface area contributed by atoms with Crippen molar-refractivity contribution in [3.05, 3.63) is 70.8 Å². The third-order valence-corrected chi connectivity index (χ3v) is 3.04. The molecule has 2 nitrogen and oxygen atoms in total. The Balaban J connectivity index is 1.91. The predicted molar refractivity (Wildman–Crippen MR) is 71.4 cm³/mol. The van der Waals surface area contributed by atoms with E-state index in [1.165, 1.54) is 12.1 Å². The Morgan fingerprint density at radius 1 is 0.952 bits per heavy atom. The van der Waals surface area contributed by atoms with Crippen molar-refractivity contribution in [2.24, 2.45) is 5.73 Å². The van der Waals surface area contributed by atoms with Gasteiger partial charge in [0.1, 0.15) is 5.82 Å². The minimum Gasteiger partial charge on any atom is -0.323 e. The van der Waals surface area contributed by atoms with Gasteiger partial charge in [-0.05, 0) is 35.4 Å². The molecule has 0 aliphatic heterocycles. The van der Waals surface area contributed by atoms with Crippen LogP contribution < -0.4 is 11.1 Å². The van der Waals surface area contributed by atoms with Crippen molar-refractivity contribution < 1.29 is 17.6 Å². The van der Waals surface area contributed by atoms with Gasteiger partial charge in [0.25, 0.3) is 0 Å². The first-order chi connectivity index (χ1) is 9.97. The predicted octanol–water partition coefficient (Wildman–Crippen LogP) is 3.03. The largest absolute Gasteiger partial charge is 0.323 e. The smallest absolute Gasteiger partial charge is 0.194 e. The summed E-state index contributed by atoms with van der Waals surface area (Å²) in [6.07, 6.45) is 0. The van der Waals surface area contributed by atoms with Gasteiger partial charge in [0.2, 0.25) is 0 Å². The molecule has 2 aromatic carbocycles. The van der Waals surface area contributed by atoms with E-state index in [1.54, 1.807) is 12.1 Å². The van der Waals surface area contributed by atoms with Crippen molar-refractivity contribution in [1.82, 2.24) is 5.32 Å². The molecule has 0 radical (unpaired) electrons. The molecule has 1 unspecified atom stereocenters. The molecule has 3 N–H and O–H groups in total. The number of nitrogens with one attached hydrogen (secondary N) is 1. The number of hydrogen-bond donors (Lipinski definition) is 2. The maximum absolute atomic E-state index is 13.0. The highest BCUT2D eigenvalue weighted by Crippen LogP contribution is 2.14. The van der Waals surface area contributed by atoms with Crippen LogP contribution in [0.25, 0.3) is 0 Å². The lowest BCUT2D eigenvalue weighted by molar-refractivity contribution is 0.444. The Hall–Kier alpha value is -1.92. The fraction of sp³-hybridized carbons (Fsp3) is 0.200. The summed E-state index contributed by atoms with van der Waals surface area (Å²) in [6.45, 7) is 0.468. The van der Waals surface area contributed by atoms with Crippen LogP contribution in [0.1, 0.15) is 17.2 Å². The zero-order chi connectivity index (χ0) is 15.4. The Morgan fingerprint density at radius 3 is 2.10 bits per heavy atom.